The number of carbonyl (C=O) groups excluding carboxylic acids is 1. The van der Waals surface area contributed by atoms with E-state index in [0.29, 0.717) is 10.3 Å². The van der Waals surface area contributed by atoms with Crippen LogP contribution in [0, 0.1) is 0 Å². The molecule has 0 atom stereocenters. The molecular weight excluding hydrogens is 266 g/mol. The molecule has 0 aliphatic carbocycles. The smallest absolute Gasteiger partial charge is 0.199 e. The fourth-order valence-corrected chi connectivity index (χ4v) is 1.74. The van der Waals surface area contributed by atoms with E-state index < -0.39 is 4.75 Å². The second-order valence-corrected chi connectivity index (χ2v) is 5.58. The summed E-state index contributed by atoms with van der Waals surface area (Å²) in [6.45, 7) is 3.78. The molecule has 1 rings (SSSR count). The number of aryl methyl sites for hydroxylation is 1. The van der Waals surface area contributed by atoms with Gasteiger partial charge in [0.1, 0.15) is 5.69 Å². The molecule has 78 valence electrons. The minimum absolute atomic E-state index is 0.0318. The molecule has 14 heavy (non-hydrogen) atoms. The fraction of sp³-hybridized carbons (Fsp3) is 0.625. The molecule has 1 aromatic heterocycles. The molecule has 1 heterocycles. The number of rotatable bonds is 3. The minimum Gasteiger partial charge on any atom is -0.291 e. The van der Waals surface area contributed by atoms with Crippen molar-refractivity contribution in [1.29, 1.82) is 0 Å². The maximum Gasteiger partial charge on any atom is 0.199 e. The number of hydrogen-bond donors (Lipinski definition) is 0. The summed E-state index contributed by atoms with van der Waals surface area (Å²) in [4.78, 5) is 12.0. The number of ketones is 1. The SMILES string of the molecule is CSC(C)(C)C(=O)c1c(Br)nnn1C. The third-order valence-electron chi connectivity index (χ3n) is 2.06. The van der Waals surface area contributed by atoms with Gasteiger partial charge in [0, 0.05) is 7.05 Å². The lowest BCUT2D eigenvalue weighted by Crippen LogP contribution is -2.29. The van der Waals surface area contributed by atoms with Crippen molar-refractivity contribution in [3.63, 3.8) is 0 Å². The summed E-state index contributed by atoms with van der Waals surface area (Å²) in [5.74, 6) is 0.0318. The number of hydrogen-bond acceptors (Lipinski definition) is 4. The van der Waals surface area contributed by atoms with Gasteiger partial charge in [-0.1, -0.05) is 5.21 Å². The summed E-state index contributed by atoms with van der Waals surface area (Å²) in [6, 6.07) is 0. The van der Waals surface area contributed by atoms with E-state index in [9.17, 15) is 4.79 Å². The van der Waals surface area contributed by atoms with Crippen molar-refractivity contribution in [1.82, 2.24) is 15.0 Å². The van der Waals surface area contributed by atoms with Crippen molar-refractivity contribution >= 4 is 33.5 Å². The third kappa shape index (κ3) is 2.00. The number of nitrogens with zero attached hydrogens (tertiary/aromatic N) is 3. The molecule has 0 spiro atoms. The van der Waals surface area contributed by atoms with Crippen LogP contribution >= 0.6 is 27.7 Å². The van der Waals surface area contributed by atoms with Gasteiger partial charge in [0.2, 0.25) is 0 Å². The molecular formula is C8H12BrN3OS. The molecule has 0 bridgehead atoms. The first kappa shape index (κ1) is 11.7. The monoisotopic (exact) mass is 277 g/mol. The molecule has 0 saturated carbocycles. The van der Waals surface area contributed by atoms with E-state index >= 15 is 0 Å². The zero-order chi connectivity index (χ0) is 10.9. The molecule has 0 N–H and O–H groups in total. The number of carbonyl (C=O) groups is 1. The van der Waals surface area contributed by atoms with Gasteiger partial charge in [-0.3, -0.25) is 4.79 Å². The molecule has 0 fully saturated rings. The van der Waals surface area contributed by atoms with Crippen LogP contribution in [-0.2, 0) is 7.05 Å². The standard InChI is InChI=1S/C8H12BrN3OS/c1-8(2,14-4)6(13)5-7(9)10-11-12(5)3/h1-4H3. The highest BCUT2D eigenvalue weighted by Crippen LogP contribution is 2.28. The highest BCUT2D eigenvalue weighted by Gasteiger charge is 2.31. The summed E-state index contributed by atoms with van der Waals surface area (Å²) in [5, 5.41) is 7.56. The highest BCUT2D eigenvalue weighted by atomic mass is 79.9. The molecule has 0 aliphatic rings. The van der Waals surface area contributed by atoms with Gasteiger partial charge in [-0.15, -0.1) is 5.10 Å². The lowest BCUT2D eigenvalue weighted by Gasteiger charge is -2.19. The summed E-state index contributed by atoms with van der Waals surface area (Å²) in [6.07, 6.45) is 1.91. The summed E-state index contributed by atoms with van der Waals surface area (Å²) >= 11 is 4.73. The number of aromatic nitrogens is 3. The van der Waals surface area contributed by atoms with Gasteiger partial charge in [-0.25, -0.2) is 4.68 Å². The van der Waals surface area contributed by atoms with Crippen LogP contribution in [0.5, 0.6) is 0 Å². The van der Waals surface area contributed by atoms with Gasteiger partial charge in [-0.05, 0) is 36.0 Å². The average molecular weight is 278 g/mol. The largest absolute Gasteiger partial charge is 0.291 e. The van der Waals surface area contributed by atoms with Crippen LogP contribution in [0.25, 0.3) is 0 Å². The number of thioether (sulfide) groups is 1. The molecule has 0 aromatic carbocycles. The Morgan fingerprint density at radius 2 is 2.14 bits per heavy atom. The van der Waals surface area contributed by atoms with E-state index in [0.717, 1.165) is 0 Å². The van der Waals surface area contributed by atoms with Crippen LogP contribution < -0.4 is 0 Å². The molecule has 0 radical (unpaired) electrons. The van der Waals surface area contributed by atoms with Crippen LogP contribution in [0.3, 0.4) is 0 Å². The lowest BCUT2D eigenvalue weighted by atomic mass is 10.1. The van der Waals surface area contributed by atoms with Gasteiger partial charge in [0.05, 0.1) is 4.75 Å². The first-order valence-electron chi connectivity index (χ1n) is 4.05. The summed E-state index contributed by atoms with van der Waals surface area (Å²) in [5.41, 5.74) is 0.518. The molecule has 0 aliphatic heterocycles. The predicted octanol–water partition coefficient (Wildman–Crippen LogP) is 1.90. The molecule has 1 aromatic rings. The van der Waals surface area contributed by atoms with Crippen molar-refractivity contribution in [2.75, 3.05) is 6.26 Å². The van der Waals surface area contributed by atoms with Crippen molar-refractivity contribution in [3.8, 4) is 0 Å². The lowest BCUT2D eigenvalue weighted by molar-refractivity contribution is 0.0948. The average Bonchev–Trinajstić information content (AvgIpc) is 2.45. The zero-order valence-electron chi connectivity index (χ0n) is 8.54. The summed E-state index contributed by atoms with van der Waals surface area (Å²) < 4.78 is 1.55. The first-order valence-corrected chi connectivity index (χ1v) is 6.07. The Balaban J connectivity index is 3.13. The van der Waals surface area contributed by atoms with Crippen molar-refractivity contribution in [2.45, 2.75) is 18.6 Å². The fourth-order valence-electron chi connectivity index (χ4n) is 0.950. The van der Waals surface area contributed by atoms with Gasteiger partial charge >= 0.3 is 0 Å². The van der Waals surface area contributed by atoms with Crippen molar-refractivity contribution in [2.24, 2.45) is 7.05 Å². The van der Waals surface area contributed by atoms with Gasteiger partial charge in [-0.2, -0.15) is 11.8 Å². The Morgan fingerprint density at radius 1 is 1.57 bits per heavy atom. The van der Waals surface area contributed by atoms with Crippen molar-refractivity contribution < 1.29 is 4.79 Å². The topological polar surface area (TPSA) is 47.8 Å². The normalized spacial score (nSPS) is 11.8. The Hall–Kier alpha value is -0.360. The zero-order valence-corrected chi connectivity index (χ0v) is 10.9. The molecule has 0 saturated heterocycles. The van der Waals surface area contributed by atoms with E-state index in [1.165, 1.54) is 16.4 Å². The Morgan fingerprint density at radius 3 is 2.50 bits per heavy atom. The van der Waals surface area contributed by atoms with Crippen LogP contribution in [0.4, 0.5) is 0 Å². The predicted molar refractivity (Wildman–Crippen MR) is 60.6 cm³/mol. The molecule has 6 heteroatoms. The van der Waals surface area contributed by atoms with Crippen LogP contribution in [0.1, 0.15) is 24.3 Å². The number of Topliss-reactive ketones (excluding diaryl/α,β-unsaturated/α-hetero) is 1. The second-order valence-electron chi connectivity index (χ2n) is 3.40. The summed E-state index contributed by atoms with van der Waals surface area (Å²) in [7, 11) is 1.71. The minimum atomic E-state index is -0.446. The quantitative estimate of drug-likeness (QED) is 0.792. The van der Waals surface area contributed by atoms with Gasteiger partial charge in [0.15, 0.2) is 10.4 Å². The maximum atomic E-state index is 12.0. The second kappa shape index (κ2) is 4.02. The Bertz CT molecular complexity index is 342. The molecule has 0 amide bonds. The first-order chi connectivity index (χ1) is 6.40. The highest BCUT2D eigenvalue weighted by molar-refractivity contribution is 9.10. The van der Waals surface area contributed by atoms with Crippen LogP contribution in [-0.4, -0.2) is 31.8 Å². The molecule has 0 unspecified atom stereocenters. The van der Waals surface area contributed by atoms with Crippen LogP contribution in [0.2, 0.25) is 0 Å². The Labute approximate surface area is 95.6 Å². The van der Waals surface area contributed by atoms with E-state index in [1.807, 2.05) is 20.1 Å². The molecule has 4 nitrogen and oxygen atoms in total. The van der Waals surface area contributed by atoms with Crippen LogP contribution in [0.15, 0.2) is 4.60 Å². The van der Waals surface area contributed by atoms with Gasteiger partial charge in [0.25, 0.3) is 0 Å². The number of halogens is 1. The maximum absolute atomic E-state index is 12.0. The van der Waals surface area contributed by atoms with E-state index in [4.69, 9.17) is 0 Å². The Kier molecular flexibility index (Phi) is 3.36. The van der Waals surface area contributed by atoms with Gasteiger partial charge < -0.3 is 0 Å². The third-order valence-corrected chi connectivity index (χ3v) is 3.80. The van der Waals surface area contributed by atoms with E-state index in [2.05, 4.69) is 26.2 Å². The van der Waals surface area contributed by atoms with E-state index in [-0.39, 0.29) is 5.78 Å². The van der Waals surface area contributed by atoms with E-state index in [1.54, 1.807) is 7.05 Å². The van der Waals surface area contributed by atoms with Crippen molar-refractivity contribution in [3.05, 3.63) is 10.3 Å².